The average molecular weight is 391 g/mol. The van der Waals surface area contributed by atoms with Crippen LogP contribution in [0.4, 0.5) is 11.4 Å². The molecule has 0 aliphatic rings. The number of ether oxygens (including phenoxy) is 1. The van der Waals surface area contributed by atoms with Crippen LogP contribution in [0, 0.1) is 10.1 Å². The van der Waals surface area contributed by atoms with Gasteiger partial charge in [-0.15, -0.1) is 0 Å². The van der Waals surface area contributed by atoms with Gasteiger partial charge in [-0.1, -0.05) is 17.7 Å². The summed E-state index contributed by atoms with van der Waals surface area (Å²) in [5, 5.41) is 16.8. The van der Waals surface area contributed by atoms with Crippen molar-refractivity contribution in [1.29, 1.82) is 0 Å². The van der Waals surface area contributed by atoms with Crippen molar-refractivity contribution >= 4 is 41.0 Å². The van der Waals surface area contributed by atoms with Gasteiger partial charge in [-0.3, -0.25) is 19.7 Å². The Morgan fingerprint density at radius 3 is 2.56 bits per heavy atom. The largest absolute Gasteiger partial charge is 0.494 e. The van der Waals surface area contributed by atoms with Gasteiger partial charge in [-0.25, -0.2) is 5.43 Å². The van der Waals surface area contributed by atoms with E-state index in [4.69, 9.17) is 16.3 Å². The lowest BCUT2D eigenvalue weighted by molar-refractivity contribution is -0.384. The zero-order chi connectivity index (χ0) is 19.8. The number of hydrogen-bond acceptors (Lipinski definition) is 6. The van der Waals surface area contributed by atoms with Crippen LogP contribution in [-0.2, 0) is 9.59 Å². The predicted molar refractivity (Wildman–Crippen MR) is 100 cm³/mol. The van der Waals surface area contributed by atoms with Crippen molar-refractivity contribution in [1.82, 2.24) is 5.43 Å². The second-order valence-corrected chi connectivity index (χ2v) is 5.49. The SMILES string of the molecule is CCOc1ccc(NC(=O)C(=O)N/N=C\c2ccc(Cl)c([N+](=O)[O-])c2)cc1. The summed E-state index contributed by atoms with van der Waals surface area (Å²) in [6.07, 6.45) is 1.16. The van der Waals surface area contributed by atoms with Crippen molar-refractivity contribution in [3.63, 3.8) is 0 Å². The third-order valence-corrected chi connectivity index (χ3v) is 3.50. The van der Waals surface area contributed by atoms with Crippen LogP contribution in [-0.4, -0.2) is 29.6 Å². The van der Waals surface area contributed by atoms with E-state index >= 15 is 0 Å². The van der Waals surface area contributed by atoms with Crippen molar-refractivity contribution < 1.29 is 19.2 Å². The second-order valence-electron chi connectivity index (χ2n) is 5.08. The number of nitro groups is 1. The van der Waals surface area contributed by atoms with Crippen LogP contribution in [0.15, 0.2) is 47.6 Å². The van der Waals surface area contributed by atoms with E-state index < -0.39 is 16.7 Å². The lowest BCUT2D eigenvalue weighted by Crippen LogP contribution is -2.32. The fourth-order valence-electron chi connectivity index (χ4n) is 1.96. The highest BCUT2D eigenvalue weighted by Gasteiger charge is 2.14. The summed E-state index contributed by atoms with van der Waals surface area (Å²) < 4.78 is 5.28. The maximum Gasteiger partial charge on any atom is 0.329 e. The molecule has 10 heteroatoms. The molecule has 2 aromatic rings. The molecule has 9 nitrogen and oxygen atoms in total. The number of nitrogens with zero attached hydrogens (tertiary/aromatic N) is 2. The highest BCUT2D eigenvalue weighted by atomic mass is 35.5. The number of rotatable bonds is 6. The first-order valence-electron chi connectivity index (χ1n) is 7.72. The van der Waals surface area contributed by atoms with E-state index in [0.717, 1.165) is 6.21 Å². The normalized spacial score (nSPS) is 10.4. The Balaban J connectivity index is 1.92. The molecule has 0 radical (unpaired) electrons. The van der Waals surface area contributed by atoms with Crippen molar-refractivity contribution in [3.8, 4) is 5.75 Å². The Morgan fingerprint density at radius 2 is 1.93 bits per heavy atom. The van der Waals surface area contributed by atoms with Crippen LogP contribution in [0.5, 0.6) is 5.75 Å². The zero-order valence-electron chi connectivity index (χ0n) is 14.1. The van der Waals surface area contributed by atoms with E-state index in [9.17, 15) is 19.7 Å². The molecule has 27 heavy (non-hydrogen) atoms. The van der Waals surface area contributed by atoms with Gasteiger partial charge in [-0.05, 0) is 37.3 Å². The molecule has 0 bridgehead atoms. The molecule has 0 spiro atoms. The van der Waals surface area contributed by atoms with Crippen molar-refractivity contribution in [2.45, 2.75) is 6.92 Å². The molecule has 2 N–H and O–H groups in total. The third kappa shape index (κ3) is 5.79. The molecule has 2 amide bonds. The Morgan fingerprint density at radius 1 is 1.22 bits per heavy atom. The number of halogens is 1. The summed E-state index contributed by atoms with van der Waals surface area (Å²) >= 11 is 5.70. The third-order valence-electron chi connectivity index (χ3n) is 3.18. The van der Waals surface area contributed by atoms with Gasteiger partial charge in [-0.2, -0.15) is 5.10 Å². The molecule has 0 atom stereocenters. The maximum absolute atomic E-state index is 11.8. The van der Waals surface area contributed by atoms with E-state index in [1.165, 1.54) is 18.2 Å². The van der Waals surface area contributed by atoms with Crippen molar-refractivity contribution in [3.05, 3.63) is 63.2 Å². The van der Waals surface area contributed by atoms with E-state index in [2.05, 4.69) is 10.4 Å². The summed E-state index contributed by atoms with van der Waals surface area (Å²) in [6.45, 7) is 2.37. The Kier molecular flexibility index (Phi) is 6.84. The summed E-state index contributed by atoms with van der Waals surface area (Å²) in [4.78, 5) is 33.7. The first-order valence-corrected chi connectivity index (χ1v) is 8.09. The Bertz CT molecular complexity index is 883. The fourth-order valence-corrected chi connectivity index (χ4v) is 2.14. The number of amides is 2. The quantitative estimate of drug-likeness (QED) is 0.340. The molecule has 2 rings (SSSR count). The molecule has 0 saturated heterocycles. The molecule has 0 aliphatic heterocycles. The van der Waals surface area contributed by atoms with Crippen LogP contribution < -0.4 is 15.5 Å². The highest BCUT2D eigenvalue weighted by molar-refractivity contribution is 6.39. The smallest absolute Gasteiger partial charge is 0.329 e. The van der Waals surface area contributed by atoms with Gasteiger partial charge in [0.15, 0.2) is 0 Å². The minimum Gasteiger partial charge on any atom is -0.494 e. The molecular weight excluding hydrogens is 376 g/mol. The van der Waals surface area contributed by atoms with Crippen LogP contribution in [0.3, 0.4) is 0 Å². The lowest BCUT2D eigenvalue weighted by Gasteiger charge is -2.06. The number of nitro benzene ring substituents is 1. The number of hydrogen-bond donors (Lipinski definition) is 2. The molecule has 0 heterocycles. The van der Waals surface area contributed by atoms with E-state index in [-0.39, 0.29) is 10.7 Å². The van der Waals surface area contributed by atoms with Gasteiger partial charge in [0.25, 0.3) is 5.69 Å². The van der Waals surface area contributed by atoms with Crippen molar-refractivity contribution in [2.75, 3.05) is 11.9 Å². The number of hydrazone groups is 1. The van der Waals surface area contributed by atoms with Gasteiger partial charge in [0, 0.05) is 17.3 Å². The first kappa shape index (κ1) is 19.9. The van der Waals surface area contributed by atoms with Crippen LogP contribution >= 0.6 is 11.6 Å². The fraction of sp³-hybridized carbons (Fsp3) is 0.118. The van der Waals surface area contributed by atoms with Gasteiger partial charge >= 0.3 is 11.8 Å². The molecule has 2 aromatic carbocycles. The molecule has 0 saturated carbocycles. The Labute approximate surface area is 159 Å². The molecule has 0 aromatic heterocycles. The molecule has 140 valence electrons. The predicted octanol–water partition coefficient (Wildman–Crippen LogP) is 2.74. The monoisotopic (exact) mass is 390 g/mol. The first-order chi connectivity index (χ1) is 12.9. The van der Waals surface area contributed by atoms with Crippen LogP contribution in [0.25, 0.3) is 0 Å². The van der Waals surface area contributed by atoms with Crippen molar-refractivity contribution in [2.24, 2.45) is 5.10 Å². The van der Waals surface area contributed by atoms with Gasteiger partial charge < -0.3 is 10.1 Å². The number of carbonyl (C=O) groups excluding carboxylic acids is 2. The number of benzene rings is 2. The number of anilines is 1. The van der Waals surface area contributed by atoms with Gasteiger partial charge in [0.2, 0.25) is 0 Å². The summed E-state index contributed by atoms with van der Waals surface area (Å²) in [6, 6.07) is 10.5. The molecular formula is C17H15ClN4O5. The number of carbonyl (C=O) groups is 2. The summed E-state index contributed by atoms with van der Waals surface area (Å²) in [7, 11) is 0. The maximum atomic E-state index is 11.8. The van der Waals surface area contributed by atoms with Gasteiger partial charge in [0.05, 0.1) is 17.7 Å². The van der Waals surface area contributed by atoms with Gasteiger partial charge in [0.1, 0.15) is 10.8 Å². The van der Waals surface area contributed by atoms with Crippen LogP contribution in [0.1, 0.15) is 12.5 Å². The minimum atomic E-state index is -0.997. The van der Waals surface area contributed by atoms with E-state index in [1.807, 2.05) is 12.3 Å². The molecule has 0 aliphatic carbocycles. The van der Waals surface area contributed by atoms with E-state index in [1.54, 1.807) is 24.3 Å². The highest BCUT2D eigenvalue weighted by Crippen LogP contribution is 2.24. The summed E-state index contributed by atoms with van der Waals surface area (Å²) in [5.74, 6) is -1.27. The molecule has 0 unspecified atom stereocenters. The lowest BCUT2D eigenvalue weighted by atomic mass is 10.2. The second kappa shape index (κ2) is 9.30. The van der Waals surface area contributed by atoms with Crippen LogP contribution in [0.2, 0.25) is 5.02 Å². The Hall–Kier alpha value is -3.46. The zero-order valence-corrected chi connectivity index (χ0v) is 14.9. The minimum absolute atomic E-state index is 0.0177. The van der Waals surface area contributed by atoms with E-state index in [0.29, 0.717) is 23.6 Å². The topological polar surface area (TPSA) is 123 Å². The standard InChI is InChI=1S/C17H15ClN4O5/c1-2-27-13-6-4-12(5-7-13)20-16(23)17(24)21-19-10-11-3-8-14(18)15(9-11)22(25)26/h3-10H,2H2,1H3,(H,20,23)(H,21,24)/b19-10-. The number of nitrogens with one attached hydrogen (secondary N) is 2. The summed E-state index contributed by atoms with van der Waals surface area (Å²) in [5.41, 5.74) is 2.49. The molecule has 0 fully saturated rings. The average Bonchev–Trinajstić information content (AvgIpc) is 2.64.